The number of thioether (sulfide) groups is 1. The number of rotatable bonds is 7. The predicted molar refractivity (Wildman–Crippen MR) is 113 cm³/mol. The van der Waals surface area contributed by atoms with Crippen LogP contribution in [0.25, 0.3) is 28.2 Å². The van der Waals surface area contributed by atoms with Gasteiger partial charge in [0.1, 0.15) is 4.90 Å². The molecule has 0 saturated carbocycles. The van der Waals surface area contributed by atoms with Crippen molar-refractivity contribution in [1.82, 2.24) is 30.4 Å². The molecule has 0 saturated heterocycles. The van der Waals surface area contributed by atoms with Gasteiger partial charge in [-0.3, -0.25) is 0 Å². The molecule has 2 aromatic heterocycles. The van der Waals surface area contributed by atoms with Crippen LogP contribution in [0.1, 0.15) is 0 Å². The lowest BCUT2D eigenvalue weighted by atomic mass is 9.98. The molecule has 4 rings (SSSR count). The Morgan fingerprint density at radius 1 is 1.17 bits per heavy atom. The van der Waals surface area contributed by atoms with Gasteiger partial charge in [-0.25, -0.2) is 18.2 Å². The zero-order chi connectivity index (χ0) is 21.1. The molecule has 12 heteroatoms. The molecule has 2 aromatic carbocycles. The molecule has 30 heavy (non-hydrogen) atoms. The minimum Gasteiger partial charge on any atom is -0.330 e. The summed E-state index contributed by atoms with van der Waals surface area (Å²) in [6, 6.07) is 12.9. The largest absolute Gasteiger partial charge is 0.330 e. The first-order chi connectivity index (χ1) is 14.5. The number of primary sulfonamides is 1. The second-order valence-corrected chi connectivity index (χ2v) is 8.87. The van der Waals surface area contributed by atoms with Crippen molar-refractivity contribution >= 4 is 21.8 Å². The van der Waals surface area contributed by atoms with Gasteiger partial charge in [0.15, 0.2) is 0 Å². The molecule has 0 aliphatic rings. The molecule has 10 nitrogen and oxygen atoms in total. The van der Waals surface area contributed by atoms with E-state index in [0.29, 0.717) is 22.8 Å². The molecule has 0 aliphatic heterocycles. The quantitative estimate of drug-likeness (QED) is 0.362. The number of tetrazole rings is 1. The molecule has 0 spiro atoms. The molecular weight excluding hydrogens is 424 g/mol. The minimum absolute atomic E-state index is 0.0515. The molecule has 0 amide bonds. The van der Waals surface area contributed by atoms with Crippen LogP contribution < -0.4 is 10.9 Å². The summed E-state index contributed by atoms with van der Waals surface area (Å²) < 4.78 is 26.9. The maximum Gasteiger partial charge on any atom is 0.239 e. The van der Waals surface area contributed by atoms with Crippen LogP contribution >= 0.6 is 11.8 Å². The summed E-state index contributed by atoms with van der Waals surface area (Å²) in [5.41, 5.74) is 8.06. The molecule has 0 bridgehead atoms. The Balaban J connectivity index is 1.98. The molecule has 4 aromatic rings. The highest BCUT2D eigenvalue weighted by molar-refractivity contribution is 8.00. The van der Waals surface area contributed by atoms with E-state index in [-0.39, 0.29) is 16.3 Å². The van der Waals surface area contributed by atoms with Gasteiger partial charge in [-0.15, -0.1) is 22.0 Å². The van der Waals surface area contributed by atoms with E-state index in [1.165, 1.54) is 11.8 Å². The van der Waals surface area contributed by atoms with E-state index in [1.807, 2.05) is 42.6 Å². The summed E-state index contributed by atoms with van der Waals surface area (Å²) in [7, 11) is -4.11. The molecule has 154 valence electrons. The highest BCUT2D eigenvalue weighted by atomic mass is 32.2. The number of nitrogens with zero attached hydrogens (tertiary/aromatic N) is 5. The summed E-state index contributed by atoms with van der Waals surface area (Å²) in [6.45, 7) is 0.389. The summed E-state index contributed by atoms with van der Waals surface area (Å²) >= 11 is 1.31. The van der Waals surface area contributed by atoms with Crippen LogP contribution in [0.5, 0.6) is 0 Å². The fraction of sp³-hybridized carbons (Fsp3) is 0.111. The van der Waals surface area contributed by atoms with Crippen molar-refractivity contribution in [2.24, 2.45) is 10.9 Å². The van der Waals surface area contributed by atoms with Crippen molar-refractivity contribution in [3.8, 4) is 28.2 Å². The van der Waals surface area contributed by atoms with Crippen LogP contribution in [-0.4, -0.2) is 51.1 Å². The Morgan fingerprint density at radius 3 is 2.70 bits per heavy atom. The zero-order valence-electron chi connectivity index (χ0n) is 15.6. The number of nitrogens with one attached hydrogen (secondary N) is 1. The lowest BCUT2D eigenvalue weighted by molar-refractivity contribution is 0.596. The predicted octanol–water partition coefficient (Wildman–Crippen LogP) is 1.42. The van der Waals surface area contributed by atoms with E-state index >= 15 is 0 Å². The third-order valence-electron chi connectivity index (χ3n) is 4.28. The Bertz CT molecular complexity index is 1260. The Morgan fingerprint density at radius 2 is 2.03 bits per heavy atom. The summed E-state index contributed by atoms with van der Waals surface area (Å²) in [4.78, 5) is 0.430. The third kappa shape index (κ3) is 3.98. The Hall–Kier alpha value is -3.06. The van der Waals surface area contributed by atoms with Crippen LogP contribution in [0, 0.1) is 0 Å². The van der Waals surface area contributed by atoms with E-state index in [2.05, 4.69) is 25.7 Å². The SMILES string of the molecule is NCCSc1ccc(-c2cccc(-n3cccn3)c2)c(-c2nn[nH]n2)c1S(N)(=O)=O. The van der Waals surface area contributed by atoms with Crippen LogP contribution in [0.3, 0.4) is 0 Å². The van der Waals surface area contributed by atoms with Crippen molar-refractivity contribution in [3.63, 3.8) is 0 Å². The molecule has 0 fully saturated rings. The number of H-pyrrole nitrogens is 1. The third-order valence-corrected chi connectivity index (χ3v) is 6.49. The van der Waals surface area contributed by atoms with Crippen LogP contribution in [0.15, 0.2) is 64.6 Å². The van der Waals surface area contributed by atoms with E-state index < -0.39 is 10.0 Å². The van der Waals surface area contributed by atoms with Crippen molar-refractivity contribution < 1.29 is 8.42 Å². The molecule has 0 unspecified atom stereocenters. The molecular formula is C18H18N8O2S2. The first-order valence-electron chi connectivity index (χ1n) is 8.86. The number of aromatic nitrogens is 6. The van der Waals surface area contributed by atoms with Crippen LogP contribution in [0.4, 0.5) is 0 Å². The van der Waals surface area contributed by atoms with Gasteiger partial charge in [0.2, 0.25) is 15.8 Å². The molecule has 5 N–H and O–H groups in total. The van der Waals surface area contributed by atoms with Gasteiger partial charge in [-0.1, -0.05) is 18.2 Å². The van der Waals surface area contributed by atoms with Gasteiger partial charge < -0.3 is 5.73 Å². The minimum atomic E-state index is -4.11. The van der Waals surface area contributed by atoms with Gasteiger partial charge >= 0.3 is 0 Å². The van der Waals surface area contributed by atoms with Gasteiger partial charge in [0, 0.05) is 29.6 Å². The normalized spacial score (nSPS) is 11.7. The van der Waals surface area contributed by atoms with E-state index in [4.69, 9.17) is 10.9 Å². The van der Waals surface area contributed by atoms with Crippen molar-refractivity contribution in [3.05, 3.63) is 54.9 Å². The number of nitrogens with two attached hydrogens (primary N) is 2. The Labute approximate surface area is 176 Å². The number of benzene rings is 2. The maximum absolute atomic E-state index is 12.6. The van der Waals surface area contributed by atoms with Crippen molar-refractivity contribution in [2.45, 2.75) is 9.79 Å². The molecule has 2 heterocycles. The highest BCUT2D eigenvalue weighted by Crippen LogP contribution is 2.40. The smallest absolute Gasteiger partial charge is 0.239 e. The zero-order valence-corrected chi connectivity index (χ0v) is 17.3. The van der Waals surface area contributed by atoms with Crippen LogP contribution in [-0.2, 0) is 10.0 Å². The Kier molecular flexibility index (Phi) is 5.63. The lowest BCUT2D eigenvalue weighted by Crippen LogP contribution is -2.16. The molecule has 0 atom stereocenters. The second kappa shape index (κ2) is 8.36. The van der Waals surface area contributed by atoms with Gasteiger partial charge in [0.05, 0.1) is 11.3 Å². The highest BCUT2D eigenvalue weighted by Gasteiger charge is 2.26. The fourth-order valence-corrected chi connectivity index (χ4v) is 5.19. The van der Waals surface area contributed by atoms with Gasteiger partial charge in [0.25, 0.3) is 0 Å². The van der Waals surface area contributed by atoms with Crippen molar-refractivity contribution in [1.29, 1.82) is 0 Å². The lowest BCUT2D eigenvalue weighted by Gasteiger charge is -2.16. The van der Waals surface area contributed by atoms with E-state index in [9.17, 15) is 8.42 Å². The van der Waals surface area contributed by atoms with Gasteiger partial charge in [-0.05, 0) is 40.6 Å². The fourth-order valence-electron chi connectivity index (χ4n) is 3.10. The molecule has 0 radical (unpaired) electrons. The summed E-state index contributed by atoms with van der Waals surface area (Å²) in [6.07, 6.45) is 3.50. The van der Waals surface area contributed by atoms with Crippen LogP contribution in [0.2, 0.25) is 0 Å². The first-order valence-corrected chi connectivity index (χ1v) is 11.4. The second-order valence-electron chi connectivity index (χ2n) is 6.23. The standard InChI is InChI=1S/C18H18N8O2S2/c19-7-10-29-15-6-5-14(12-3-1-4-13(11-12)26-9-2-8-21-26)16(17(15)30(20,27)28)18-22-24-25-23-18/h1-6,8-9,11H,7,10,19H2,(H2,20,27,28)(H,22,23,24,25). The van der Waals surface area contributed by atoms with E-state index in [0.717, 1.165) is 11.3 Å². The molecule has 0 aliphatic carbocycles. The summed E-state index contributed by atoms with van der Waals surface area (Å²) in [5, 5.41) is 23.9. The average Bonchev–Trinajstić information content (AvgIpc) is 3.45. The topological polar surface area (TPSA) is 158 Å². The number of hydrogen-bond acceptors (Lipinski definition) is 8. The maximum atomic E-state index is 12.6. The average molecular weight is 443 g/mol. The first kappa shape index (κ1) is 20.2. The van der Waals surface area contributed by atoms with Gasteiger partial charge in [-0.2, -0.15) is 10.3 Å². The number of aromatic amines is 1. The number of sulfonamides is 1. The monoisotopic (exact) mass is 442 g/mol. The van der Waals surface area contributed by atoms with E-state index in [1.54, 1.807) is 16.9 Å². The summed E-state index contributed by atoms with van der Waals surface area (Å²) in [5.74, 6) is 0.663. The van der Waals surface area contributed by atoms with Crippen molar-refractivity contribution in [2.75, 3.05) is 12.3 Å². The number of hydrogen-bond donors (Lipinski definition) is 3.